The van der Waals surface area contributed by atoms with E-state index in [-0.39, 0.29) is 11.8 Å². The molecule has 3 aromatic rings. The lowest BCUT2D eigenvalue weighted by Gasteiger charge is -2.37. The lowest BCUT2D eigenvalue weighted by Crippen LogP contribution is -2.49. The van der Waals surface area contributed by atoms with Crippen LogP contribution in [0.25, 0.3) is 10.8 Å². The molecule has 0 aromatic heterocycles. The molecule has 1 saturated heterocycles. The van der Waals surface area contributed by atoms with Crippen molar-refractivity contribution in [2.45, 2.75) is 18.8 Å². The summed E-state index contributed by atoms with van der Waals surface area (Å²) in [4.78, 5) is 2.29. The van der Waals surface area contributed by atoms with E-state index < -0.39 is 17.6 Å². The standard InChI is InChI=1S/C24H25F3N2O3S2/c25-24(26,27)32-23-9-5-18(6-10-23)15-22(28-11-13-33-14-12-28)17-29(34(30)31)21-8-7-19-3-1-2-4-20(19)16-21/h1-10,16,22H,11-15,17H2,(H,30,31). The van der Waals surface area contributed by atoms with Crippen LogP contribution in [0.15, 0.2) is 66.7 Å². The van der Waals surface area contributed by atoms with Gasteiger partial charge in [-0.05, 0) is 47.0 Å². The summed E-state index contributed by atoms with van der Waals surface area (Å²) >= 11 is -0.374. The number of benzene rings is 3. The number of alkyl halides is 3. The van der Waals surface area contributed by atoms with Gasteiger partial charge in [-0.25, -0.2) is 4.21 Å². The van der Waals surface area contributed by atoms with E-state index in [1.165, 1.54) is 16.4 Å². The third-order valence-corrected chi connectivity index (χ3v) is 7.46. The summed E-state index contributed by atoms with van der Waals surface area (Å²) in [6.07, 6.45) is -4.21. The molecule has 10 heteroatoms. The van der Waals surface area contributed by atoms with E-state index >= 15 is 0 Å². The Balaban J connectivity index is 1.57. The van der Waals surface area contributed by atoms with Gasteiger partial charge >= 0.3 is 6.36 Å². The lowest BCUT2D eigenvalue weighted by molar-refractivity contribution is -0.274. The summed E-state index contributed by atoms with van der Waals surface area (Å²) in [6.45, 7) is 1.98. The number of anilines is 1. The molecule has 4 rings (SSSR count). The topological polar surface area (TPSA) is 53.0 Å². The SMILES string of the molecule is O=S(O)N(CC(Cc1ccc(OC(F)(F)F)cc1)N1CCSCC1)c1ccc2ccccc2c1. The van der Waals surface area contributed by atoms with Crippen molar-refractivity contribution in [2.24, 2.45) is 0 Å². The molecule has 3 aromatic carbocycles. The van der Waals surface area contributed by atoms with Gasteiger partial charge < -0.3 is 4.74 Å². The maximum atomic E-state index is 12.5. The minimum absolute atomic E-state index is 0.0992. The van der Waals surface area contributed by atoms with Crippen LogP contribution in [0.5, 0.6) is 5.75 Å². The number of halogens is 3. The van der Waals surface area contributed by atoms with E-state index in [2.05, 4.69) is 9.64 Å². The predicted molar refractivity (Wildman–Crippen MR) is 132 cm³/mol. The van der Waals surface area contributed by atoms with Crippen LogP contribution in [0, 0.1) is 0 Å². The Morgan fingerprint density at radius 1 is 1.03 bits per heavy atom. The molecule has 1 aliphatic heterocycles. The lowest BCUT2D eigenvalue weighted by atomic mass is 10.0. The van der Waals surface area contributed by atoms with E-state index in [0.29, 0.717) is 18.7 Å². The van der Waals surface area contributed by atoms with Crippen LogP contribution in [-0.4, -0.2) is 57.2 Å². The number of rotatable bonds is 8. The largest absolute Gasteiger partial charge is 0.573 e. The Morgan fingerprint density at radius 3 is 2.35 bits per heavy atom. The van der Waals surface area contributed by atoms with Crippen LogP contribution in [-0.2, 0) is 17.7 Å². The summed E-state index contributed by atoms with van der Waals surface area (Å²) in [5.74, 6) is 1.66. The molecule has 5 nitrogen and oxygen atoms in total. The van der Waals surface area contributed by atoms with E-state index in [1.807, 2.05) is 54.2 Å². The first-order valence-corrected chi connectivity index (χ1v) is 13.0. The minimum atomic E-state index is -4.74. The second-order valence-corrected chi connectivity index (χ2v) is 10.1. The van der Waals surface area contributed by atoms with Gasteiger partial charge in [0.2, 0.25) is 0 Å². The molecular formula is C24H25F3N2O3S2. The van der Waals surface area contributed by atoms with Crippen molar-refractivity contribution in [2.75, 3.05) is 35.4 Å². The van der Waals surface area contributed by atoms with Gasteiger partial charge in [0.15, 0.2) is 0 Å². The van der Waals surface area contributed by atoms with Gasteiger partial charge in [-0.15, -0.1) is 13.2 Å². The Bertz CT molecular complexity index is 1120. The van der Waals surface area contributed by atoms with Crippen LogP contribution in [0.2, 0.25) is 0 Å². The quantitative estimate of drug-likeness (QED) is 0.415. The summed E-state index contributed by atoms with van der Waals surface area (Å²) in [6, 6.07) is 19.2. The highest BCUT2D eigenvalue weighted by Crippen LogP contribution is 2.27. The van der Waals surface area contributed by atoms with Gasteiger partial charge in [-0.3, -0.25) is 13.8 Å². The fraction of sp³-hybridized carbons (Fsp3) is 0.333. The first-order chi connectivity index (χ1) is 16.3. The molecule has 34 heavy (non-hydrogen) atoms. The van der Waals surface area contributed by atoms with Gasteiger partial charge in [0.05, 0.1) is 5.69 Å². The summed E-state index contributed by atoms with van der Waals surface area (Å²) < 4.78 is 65.4. The molecule has 1 heterocycles. The molecule has 2 unspecified atom stereocenters. The van der Waals surface area contributed by atoms with Crippen molar-refractivity contribution in [3.63, 3.8) is 0 Å². The van der Waals surface area contributed by atoms with Gasteiger partial charge in [0, 0.05) is 37.2 Å². The molecule has 1 aliphatic rings. The first kappa shape index (κ1) is 24.8. The summed E-state index contributed by atoms with van der Waals surface area (Å²) in [5, 5.41) is 2.02. The zero-order valence-electron chi connectivity index (χ0n) is 18.3. The highest BCUT2D eigenvalue weighted by molar-refractivity contribution is 7.99. The highest BCUT2D eigenvalue weighted by atomic mass is 32.2. The molecule has 0 bridgehead atoms. The van der Waals surface area contributed by atoms with Crippen LogP contribution >= 0.6 is 11.8 Å². The van der Waals surface area contributed by atoms with Crippen molar-refractivity contribution >= 4 is 39.5 Å². The normalized spacial score (nSPS) is 16.8. The van der Waals surface area contributed by atoms with E-state index in [0.717, 1.165) is 40.9 Å². The summed E-state index contributed by atoms with van der Waals surface area (Å²) in [7, 11) is 0. The van der Waals surface area contributed by atoms with Crippen molar-refractivity contribution in [1.82, 2.24) is 4.90 Å². The monoisotopic (exact) mass is 510 g/mol. The second-order valence-electron chi connectivity index (χ2n) is 8.02. The maximum absolute atomic E-state index is 12.5. The fourth-order valence-corrected chi connectivity index (χ4v) is 5.66. The average molecular weight is 511 g/mol. The van der Waals surface area contributed by atoms with Crippen molar-refractivity contribution in [3.8, 4) is 5.75 Å². The third kappa shape index (κ3) is 6.65. The molecule has 0 saturated carbocycles. The Morgan fingerprint density at radius 2 is 1.71 bits per heavy atom. The van der Waals surface area contributed by atoms with Gasteiger partial charge in [0.1, 0.15) is 5.75 Å². The van der Waals surface area contributed by atoms with Crippen molar-refractivity contribution < 1.29 is 26.7 Å². The average Bonchev–Trinajstić information content (AvgIpc) is 2.82. The second kappa shape index (κ2) is 11.0. The highest BCUT2D eigenvalue weighted by Gasteiger charge is 2.31. The zero-order chi connectivity index (χ0) is 24.1. The number of ether oxygens (including phenoxy) is 1. The molecule has 0 aliphatic carbocycles. The summed E-state index contributed by atoms with van der Waals surface area (Å²) in [5.41, 5.74) is 1.48. The molecule has 0 amide bonds. The van der Waals surface area contributed by atoms with E-state index in [9.17, 15) is 21.9 Å². The maximum Gasteiger partial charge on any atom is 0.573 e. The van der Waals surface area contributed by atoms with Gasteiger partial charge in [-0.2, -0.15) is 11.8 Å². The number of hydrogen-bond donors (Lipinski definition) is 1. The number of hydrogen-bond acceptors (Lipinski definition) is 4. The van der Waals surface area contributed by atoms with Crippen molar-refractivity contribution in [1.29, 1.82) is 0 Å². The van der Waals surface area contributed by atoms with Crippen LogP contribution < -0.4 is 9.04 Å². The van der Waals surface area contributed by atoms with Crippen molar-refractivity contribution in [3.05, 3.63) is 72.3 Å². The third-order valence-electron chi connectivity index (χ3n) is 5.78. The molecular weight excluding hydrogens is 485 g/mol. The first-order valence-electron chi connectivity index (χ1n) is 10.8. The zero-order valence-corrected chi connectivity index (χ0v) is 19.9. The molecule has 0 spiro atoms. The minimum Gasteiger partial charge on any atom is -0.406 e. The van der Waals surface area contributed by atoms with Gasteiger partial charge in [0.25, 0.3) is 11.3 Å². The molecule has 0 radical (unpaired) electrons. The Labute approximate surface area is 203 Å². The predicted octanol–water partition coefficient (Wildman–Crippen LogP) is 5.34. The molecule has 1 fully saturated rings. The number of fused-ring (bicyclic) bond motifs is 1. The van der Waals surface area contributed by atoms with Crippen LogP contribution in [0.1, 0.15) is 5.56 Å². The van der Waals surface area contributed by atoms with Crippen LogP contribution in [0.3, 0.4) is 0 Å². The Kier molecular flexibility index (Phi) is 8.02. The molecule has 182 valence electrons. The Hall–Kier alpha value is -2.27. The molecule has 2 atom stereocenters. The number of nitrogens with zero attached hydrogens (tertiary/aromatic N) is 2. The molecule has 1 N–H and O–H groups in total. The van der Waals surface area contributed by atoms with E-state index in [1.54, 1.807) is 12.1 Å². The van der Waals surface area contributed by atoms with E-state index in [4.69, 9.17) is 0 Å². The van der Waals surface area contributed by atoms with Gasteiger partial charge in [-0.1, -0.05) is 42.5 Å². The number of thioether (sulfide) groups is 1. The smallest absolute Gasteiger partial charge is 0.406 e. The van der Waals surface area contributed by atoms with Crippen LogP contribution in [0.4, 0.5) is 18.9 Å². The fourth-order valence-electron chi connectivity index (χ4n) is 4.13.